The highest BCUT2D eigenvalue weighted by Gasteiger charge is 2.04. The molecule has 2 aromatic rings. The monoisotopic (exact) mass is 320 g/mol. The molecule has 22 heavy (non-hydrogen) atoms. The fourth-order valence-electron chi connectivity index (χ4n) is 1.73. The van der Waals surface area contributed by atoms with E-state index in [0.717, 1.165) is 15.6 Å². The van der Waals surface area contributed by atoms with Gasteiger partial charge in [-0.3, -0.25) is 0 Å². The molecule has 0 saturated carbocycles. The van der Waals surface area contributed by atoms with Gasteiger partial charge in [-0.2, -0.15) is 0 Å². The van der Waals surface area contributed by atoms with Gasteiger partial charge in [-0.1, -0.05) is 12.1 Å². The summed E-state index contributed by atoms with van der Waals surface area (Å²) < 4.78 is 0. The number of nitrogens with zero attached hydrogens (tertiary/aromatic N) is 2. The van der Waals surface area contributed by atoms with Crippen LogP contribution in [-0.2, 0) is 13.0 Å². The summed E-state index contributed by atoms with van der Waals surface area (Å²) in [6.07, 6.45) is 0.645. The van der Waals surface area contributed by atoms with Crippen molar-refractivity contribution in [2.75, 3.05) is 6.54 Å². The van der Waals surface area contributed by atoms with Crippen molar-refractivity contribution >= 4 is 23.3 Å². The number of carbonyl (C=O) groups is 2. The first-order valence-electron chi connectivity index (χ1n) is 6.67. The van der Waals surface area contributed by atoms with Gasteiger partial charge in [0, 0.05) is 19.5 Å². The minimum absolute atomic E-state index is 0.223. The van der Waals surface area contributed by atoms with Gasteiger partial charge in [0.25, 0.3) is 0 Å². The van der Waals surface area contributed by atoms with E-state index >= 15 is 0 Å². The molecule has 1 aromatic carbocycles. The van der Waals surface area contributed by atoms with Crippen molar-refractivity contribution in [3.63, 3.8) is 0 Å². The summed E-state index contributed by atoms with van der Waals surface area (Å²) >= 11 is 1.51. The number of rotatable bonds is 6. The maximum absolute atomic E-state index is 11.6. The molecule has 0 bridgehead atoms. The molecule has 116 valence electrons. The van der Waals surface area contributed by atoms with Crippen LogP contribution in [0.5, 0.6) is 0 Å². The maximum atomic E-state index is 11.6. The molecule has 0 fully saturated rings. The highest BCUT2D eigenvalue weighted by atomic mass is 32.1. The van der Waals surface area contributed by atoms with Crippen LogP contribution in [0.1, 0.15) is 25.9 Å². The number of carboxylic acid groups (broad SMARTS) is 1. The van der Waals surface area contributed by atoms with Gasteiger partial charge < -0.3 is 15.7 Å². The Morgan fingerprint density at radius 3 is 2.50 bits per heavy atom. The summed E-state index contributed by atoms with van der Waals surface area (Å²) in [4.78, 5) is 22.4. The maximum Gasteiger partial charge on any atom is 0.335 e. The van der Waals surface area contributed by atoms with Crippen LogP contribution in [0.4, 0.5) is 4.79 Å². The van der Waals surface area contributed by atoms with Crippen molar-refractivity contribution < 1.29 is 14.7 Å². The third kappa shape index (κ3) is 4.81. The number of urea groups is 1. The Morgan fingerprint density at radius 1 is 1.18 bits per heavy atom. The van der Waals surface area contributed by atoms with Gasteiger partial charge in [-0.25, -0.2) is 9.59 Å². The quantitative estimate of drug-likeness (QED) is 0.750. The molecule has 8 heteroatoms. The third-order valence-electron chi connectivity index (χ3n) is 2.85. The number of nitrogens with one attached hydrogen (secondary N) is 2. The van der Waals surface area contributed by atoms with E-state index in [1.807, 2.05) is 6.92 Å². The molecule has 0 aliphatic carbocycles. The fourth-order valence-corrected chi connectivity index (χ4v) is 2.44. The van der Waals surface area contributed by atoms with Crippen molar-refractivity contribution in [1.29, 1.82) is 0 Å². The molecule has 2 amide bonds. The first-order valence-corrected chi connectivity index (χ1v) is 7.49. The standard InChI is InChI=1S/C14H16N4O3S/c1-9-17-18-12(22-9)6-7-15-14(21)16-8-10-2-4-11(5-3-10)13(19)20/h2-5H,6-8H2,1H3,(H,19,20)(H2,15,16,21). The van der Waals surface area contributed by atoms with Crippen molar-refractivity contribution in [2.24, 2.45) is 0 Å². The lowest BCUT2D eigenvalue weighted by Crippen LogP contribution is -2.36. The largest absolute Gasteiger partial charge is 0.478 e. The molecule has 1 heterocycles. The average Bonchev–Trinajstić information content (AvgIpc) is 2.91. The number of hydrogen-bond acceptors (Lipinski definition) is 5. The summed E-state index contributed by atoms with van der Waals surface area (Å²) in [5, 5.41) is 23.9. The average molecular weight is 320 g/mol. The smallest absolute Gasteiger partial charge is 0.335 e. The first kappa shape index (κ1) is 15.9. The van der Waals surface area contributed by atoms with Crippen LogP contribution >= 0.6 is 11.3 Å². The number of carbonyl (C=O) groups excluding carboxylic acids is 1. The van der Waals surface area contributed by atoms with E-state index in [1.165, 1.54) is 23.5 Å². The van der Waals surface area contributed by atoms with Gasteiger partial charge in [-0.05, 0) is 24.6 Å². The van der Waals surface area contributed by atoms with Crippen LogP contribution in [-0.4, -0.2) is 33.8 Å². The Bertz CT molecular complexity index is 654. The second-order valence-corrected chi connectivity index (χ2v) is 5.84. The van der Waals surface area contributed by atoms with E-state index in [4.69, 9.17) is 5.11 Å². The van der Waals surface area contributed by atoms with Crippen LogP contribution in [0.15, 0.2) is 24.3 Å². The Kier molecular flexibility index (Phi) is 5.42. The van der Waals surface area contributed by atoms with Crippen LogP contribution in [0.3, 0.4) is 0 Å². The van der Waals surface area contributed by atoms with Crippen molar-refractivity contribution in [3.8, 4) is 0 Å². The van der Waals surface area contributed by atoms with Crippen molar-refractivity contribution in [3.05, 3.63) is 45.4 Å². The molecule has 0 aliphatic rings. The molecule has 0 unspecified atom stereocenters. The number of carboxylic acids is 1. The van der Waals surface area contributed by atoms with E-state index in [1.54, 1.807) is 12.1 Å². The summed E-state index contributed by atoms with van der Waals surface area (Å²) in [6.45, 7) is 2.71. The second kappa shape index (κ2) is 7.51. The second-order valence-electron chi connectivity index (χ2n) is 4.58. The Hall–Kier alpha value is -2.48. The van der Waals surface area contributed by atoms with Crippen molar-refractivity contribution in [2.45, 2.75) is 19.9 Å². The number of aromatic nitrogens is 2. The molecular weight excluding hydrogens is 304 g/mol. The van der Waals surface area contributed by atoms with Gasteiger partial charge in [0.05, 0.1) is 5.56 Å². The van der Waals surface area contributed by atoms with E-state index in [0.29, 0.717) is 19.5 Å². The van der Waals surface area contributed by atoms with Crippen LogP contribution in [0, 0.1) is 6.92 Å². The SMILES string of the molecule is Cc1nnc(CCNC(=O)NCc2ccc(C(=O)O)cc2)s1. The Balaban J connectivity index is 1.69. The molecule has 0 radical (unpaired) electrons. The highest BCUT2D eigenvalue weighted by Crippen LogP contribution is 2.07. The molecule has 0 spiro atoms. The summed E-state index contributed by atoms with van der Waals surface area (Å²) in [5.74, 6) is -0.968. The zero-order valence-electron chi connectivity index (χ0n) is 12.0. The van der Waals surface area contributed by atoms with E-state index in [-0.39, 0.29) is 11.6 Å². The third-order valence-corrected chi connectivity index (χ3v) is 3.74. The van der Waals surface area contributed by atoms with Gasteiger partial charge >= 0.3 is 12.0 Å². The molecule has 3 N–H and O–H groups in total. The molecule has 7 nitrogen and oxygen atoms in total. The molecule has 1 aromatic heterocycles. The molecule has 0 aliphatic heterocycles. The van der Waals surface area contributed by atoms with Crippen LogP contribution in [0.2, 0.25) is 0 Å². The lowest BCUT2D eigenvalue weighted by Gasteiger charge is -2.07. The van der Waals surface area contributed by atoms with Crippen LogP contribution in [0.25, 0.3) is 0 Å². The zero-order chi connectivity index (χ0) is 15.9. The van der Waals surface area contributed by atoms with Gasteiger partial charge in [-0.15, -0.1) is 21.5 Å². The fraction of sp³-hybridized carbons (Fsp3) is 0.286. The van der Waals surface area contributed by atoms with Crippen molar-refractivity contribution in [1.82, 2.24) is 20.8 Å². The number of aryl methyl sites for hydroxylation is 1. The minimum atomic E-state index is -0.968. The first-order chi connectivity index (χ1) is 10.5. The number of hydrogen-bond donors (Lipinski definition) is 3. The van der Waals surface area contributed by atoms with Gasteiger partial charge in [0.1, 0.15) is 10.0 Å². The highest BCUT2D eigenvalue weighted by molar-refractivity contribution is 7.11. The van der Waals surface area contributed by atoms with E-state index < -0.39 is 5.97 Å². The van der Waals surface area contributed by atoms with E-state index in [9.17, 15) is 9.59 Å². The lowest BCUT2D eigenvalue weighted by atomic mass is 10.1. The zero-order valence-corrected chi connectivity index (χ0v) is 12.8. The van der Waals surface area contributed by atoms with Crippen LogP contribution < -0.4 is 10.6 Å². The van der Waals surface area contributed by atoms with E-state index in [2.05, 4.69) is 20.8 Å². The Morgan fingerprint density at radius 2 is 1.91 bits per heavy atom. The molecular formula is C14H16N4O3S. The molecule has 0 atom stereocenters. The predicted octanol–water partition coefficient (Wildman–Crippen LogP) is 1.59. The minimum Gasteiger partial charge on any atom is -0.478 e. The topological polar surface area (TPSA) is 104 Å². The Labute approximate surface area is 131 Å². The van der Waals surface area contributed by atoms with Gasteiger partial charge in [0.15, 0.2) is 0 Å². The number of aromatic carboxylic acids is 1. The molecule has 0 saturated heterocycles. The summed E-state index contributed by atoms with van der Waals surface area (Å²) in [7, 11) is 0. The summed E-state index contributed by atoms with van der Waals surface area (Å²) in [6, 6.07) is 6.09. The number of amides is 2. The number of benzene rings is 1. The normalized spacial score (nSPS) is 10.2. The predicted molar refractivity (Wildman–Crippen MR) is 82.0 cm³/mol. The molecule has 2 rings (SSSR count). The van der Waals surface area contributed by atoms with Gasteiger partial charge in [0.2, 0.25) is 0 Å². The lowest BCUT2D eigenvalue weighted by molar-refractivity contribution is 0.0697. The summed E-state index contributed by atoms with van der Waals surface area (Å²) in [5.41, 5.74) is 1.06.